The van der Waals surface area contributed by atoms with Crippen LogP contribution in [0.1, 0.15) is 27.2 Å². The average Bonchev–Trinajstić information content (AvgIpc) is 3.43. The number of carbonyl (C=O) groups is 1. The molecule has 1 amide bonds. The molecular weight excluding hydrogens is 422 g/mol. The molecule has 0 atom stereocenters. The fraction of sp³-hybridized carbons (Fsp3) is 0.107. The lowest BCUT2D eigenvalue weighted by atomic mass is 10.1. The van der Waals surface area contributed by atoms with Gasteiger partial charge in [-0.05, 0) is 31.5 Å². The van der Waals surface area contributed by atoms with Crippen molar-refractivity contribution in [3.63, 3.8) is 0 Å². The van der Waals surface area contributed by atoms with Gasteiger partial charge in [0, 0.05) is 17.8 Å². The van der Waals surface area contributed by atoms with Crippen LogP contribution in [0.3, 0.4) is 0 Å². The first-order chi connectivity index (χ1) is 16.6. The van der Waals surface area contributed by atoms with E-state index in [1.807, 2.05) is 95.3 Å². The highest BCUT2D eigenvalue weighted by molar-refractivity contribution is 6.08. The standard InChI is InChI=1S/C28H25N5O/c1-20-10-9-11-22(18-20)19-32-17-16-25(30-32)29-28(34)26-21(2)33(24-14-7-4-8-15-24)31-27(26)23-12-5-3-6-13-23/h3-18H,19H2,1-2H3,(H,29,30,34). The third-order valence-electron chi connectivity index (χ3n) is 5.70. The van der Waals surface area contributed by atoms with E-state index in [0.29, 0.717) is 23.6 Å². The van der Waals surface area contributed by atoms with Crippen LogP contribution in [0.15, 0.2) is 97.2 Å². The molecule has 0 bridgehead atoms. The van der Waals surface area contributed by atoms with Crippen LogP contribution < -0.4 is 5.32 Å². The molecule has 5 rings (SSSR count). The number of nitrogens with one attached hydrogen (secondary N) is 1. The van der Waals surface area contributed by atoms with Crippen molar-refractivity contribution in [1.29, 1.82) is 0 Å². The van der Waals surface area contributed by atoms with Gasteiger partial charge in [-0.1, -0.05) is 78.4 Å². The number of para-hydroxylation sites is 1. The second-order valence-corrected chi connectivity index (χ2v) is 8.26. The number of hydrogen-bond donors (Lipinski definition) is 1. The smallest absolute Gasteiger partial charge is 0.261 e. The van der Waals surface area contributed by atoms with Crippen molar-refractivity contribution in [2.45, 2.75) is 20.4 Å². The zero-order valence-corrected chi connectivity index (χ0v) is 19.1. The number of carbonyl (C=O) groups excluding carboxylic acids is 1. The van der Waals surface area contributed by atoms with Gasteiger partial charge in [0.25, 0.3) is 5.91 Å². The minimum absolute atomic E-state index is 0.237. The highest BCUT2D eigenvalue weighted by Gasteiger charge is 2.23. The molecule has 0 aliphatic heterocycles. The Morgan fingerprint density at radius 3 is 2.32 bits per heavy atom. The Morgan fingerprint density at radius 1 is 0.853 bits per heavy atom. The second-order valence-electron chi connectivity index (χ2n) is 8.26. The molecule has 0 fully saturated rings. The molecule has 34 heavy (non-hydrogen) atoms. The highest BCUT2D eigenvalue weighted by atomic mass is 16.1. The molecule has 6 heteroatoms. The van der Waals surface area contributed by atoms with Gasteiger partial charge in [-0.3, -0.25) is 9.48 Å². The van der Waals surface area contributed by atoms with Crippen LogP contribution in [-0.2, 0) is 6.54 Å². The summed E-state index contributed by atoms with van der Waals surface area (Å²) in [5.74, 6) is 0.267. The van der Waals surface area contributed by atoms with E-state index >= 15 is 0 Å². The molecule has 0 saturated carbocycles. The summed E-state index contributed by atoms with van der Waals surface area (Å²) in [4.78, 5) is 13.5. The number of nitrogens with zero attached hydrogens (tertiary/aromatic N) is 4. The fourth-order valence-corrected chi connectivity index (χ4v) is 4.09. The molecule has 0 aliphatic carbocycles. The zero-order chi connectivity index (χ0) is 23.5. The summed E-state index contributed by atoms with van der Waals surface area (Å²) >= 11 is 0. The predicted molar refractivity (Wildman–Crippen MR) is 134 cm³/mol. The molecular formula is C28H25N5O. The first kappa shape index (κ1) is 21.4. The largest absolute Gasteiger partial charge is 0.305 e. The first-order valence-corrected chi connectivity index (χ1v) is 11.2. The molecule has 1 N–H and O–H groups in total. The molecule has 168 valence electrons. The van der Waals surface area contributed by atoms with Crippen molar-refractivity contribution in [3.8, 4) is 16.9 Å². The molecule has 2 heterocycles. The lowest BCUT2D eigenvalue weighted by molar-refractivity contribution is 0.102. The summed E-state index contributed by atoms with van der Waals surface area (Å²) in [6.45, 7) is 4.62. The topological polar surface area (TPSA) is 64.7 Å². The van der Waals surface area contributed by atoms with Gasteiger partial charge in [-0.25, -0.2) is 4.68 Å². The summed E-state index contributed by atoms with van der Waals surface area (Å²) in [7, 11) is 0. The van der Waals surface area contributed by atoms with E-state index in [-0.39, 0.29) is 5.91 Å². The van der Waals surface area contributed by atoms with Gasteiger partial charge in [0.2, 0.25) is 0 Å². The van der Waals surface area contributed by atoms with Crippen LogP contribution in [0, 0.1) is 13.8 Å². The molecule has 2 aromatic heterocycles. The van der Waals surface area contributed by atoms with Gasteiger partial charge in [-0.2, -0.15) is 10.2 Å². The van der Waals surface area contributed by atoms with E-state index in [4.69, 9.17) is 5.10 Å². The van der Waals surface area contributed by atoms with Gasteiger partial charge in [0.1, 0.15) is 5.69 Å². The van der Waals surface area contributed by atoms with Crippen LogP contribution in [0.2, 0.25) is 0 Å². The van der Waals surface area contributed by atoms with E-state index in [1.165, 1.54) is 5.56 Å². The first-order valence-electron chi connectivity index (χ1n) is 11.2. The number of amides is 1. The monoisotopic (exact) mass is 447 g/mol. The van der Waals surface area contributed by atoms with Crippen LogP contribution >= 0.6 is 0 Å². The normalized spacial score (nSPS) is 10.9. The molecule has 3 aromatic carbocycles. The van der Waals surface area contributed by atoms with E-state index in [0.717, 1.165) is 22.5 Å². The van der Waals surface area contributed by atoms with Gasteiger partial charge in [0.05, 0.1) is 23.5 Å². The fourth-order valence-electron chi connectivity index (χ4n) is 4.09. The number of anilines is 1. The summed E-state index contributed by atoms with van der Waals surface area (Å²) in [5, 5.41) is 12.3. The second kappa shape index (κ2) is 9.19. The summed E-state index contributed by atoms with van der Waals surface area (Å²) in [5.41, 5.74) is 6.09. The van der Waals surface area contributed by atoms with E-state index in [9.17, 15) is 4.79 Å². The third-order valence-corrected chi connectivity index (χ3v) is 5.70. The minimum Gasteiger partial charge on any atom is -0.305 e. The number of rotatable bonds is 6. The predicted octanol–water partition coefficient (Wildman–Crippen LogP) is 5.65. The van der Waals surface area contributed by atoms with Gasteiger partial charge < -0.3 is 5.32 Å². The summed E-state index contributed by atoms with van der Waals surface area (Å²) in [6.07, 6.45) is 1.87. The number of aryl methyl sites for hydroxylation is 1. The minimum atomic E-state index is -0.237. The van der Waals surface area contributed by atoms with Gasteiger partial charge in [-0.15, -0.1) is 0 Å². The Hall–Kier alpha value is -4.45. The lowest BCUT2D eigenvalue weighted by Gasteiger charge is -2.06. The molecule has 6 nitrogen and oxygen atoms in total. The van der Waals surface area contributed by atoms with Crippen molar-refractivity contribution in [3.05, 3.63) is 120 Å². The van der Waals surface area contributed by atoms with Gasteiger partial charge >= 0.3 is 0 Å². The maximum Gasteiger partial charge on any atom is 0.261 e. The zero-order valence-electron chi connectivity index (χ0n) is 19.1. The maximum absolute atomic E-state index is 13.5. The third kappa shape index (κ3) is 4.38. The van der Waals surface area contributed by atoms with Crippen LogP contribution in [0.25, 0.3) is 16.9 Å². The van der Waals surface area contributed by atoms with Crippen molar-refractivity contribution in [2.24, 2.45) is 0 Å². The van der Waals surface area contributed by atoms with Crippen molar-refractivity contribution in [1.82, 2.24) is 19.6 Å². The maximum atomic E-state index is 13.5. The van der Waals surface area contributed by atoms with Crippen molar-refractivity contribution >= 4 is 11.7 Å². The summed E-state index contributed by atoms with van der Waals surface area (Å²) in [6, 6.07) is 29.7. The lowest BCUT2D eigenvalue weighted by Crippen LogP contribution is -2.15. The Morgan fingerprint density at radius 2 is 1.59 bits per heavy atom. The van der Waals surface area contributed by atoms with Crippen molar-refractivity contribution < 1.29 is 4.79 Å². The average molecular weight is 448 g/mol. The van der Waals surface area contributed by atoms with E-state index in [1.54, 1.807) is 0 Å². The quantitative estimate of drug-likeness (QED) is 0.366. The highest BCUT2D eigenvalue weighted by Crippen LogP contribution is 2.28. The molecule has 0 radical (unpaired) electrons. The summed E-state index contributed by atoms with van der Waals surface area (Å²) < 4.78 is 3.64. The Balaban J connectivity index is 1.46. The molecule has 0 spiro atoms. The number of hydrogen-bond acceptors (Lipinski definition) is 3. The molecule has 0 saturated heterocycles. The van der Waals surface area contributed by atoms with Crippen LogP contribution in [0.4, 0.5) is 5.82 Å². The van der Waals surface area contributed by atoms with Crippen LogP contribution in [0.5, 0.6) is 0 Å². The molecule has 0 unspecified atom stereocenters. The molecule has 0 aliphatic rings. The number of aromatic nitrogens is 4. The van der Waals surface area contributed by atoms with Crippen molar-refractivity contribution in [2.75, 3.05) is 5.32 Å². The Kier molecular flexibility index (Phi) is 5.79. The number of benzene rings is 3. The van der Waals surface area contributed by atoms with E-state index < -0.39 is 0 Å². The Labute approximate surface area is 198 Å². The van der Waals surface area contributed by atoms with Crippen LogP contribution in [-0.4, -0.2) is 25.5 Å². The molecule has 5 aromatic rings. The van der Waals surface area contributed by atoms with E-state index in [2.05, 4.69) is 35.5 Å². The SMILES string of the molecule is Cc1cccc(Cn2ccc(NC(=O)c3c(-c4ccccc4)nn(-c4ccccc4)c3C)n2)c1. The Bertz CT molecular complexity index is 1430. The van der Waals surface area contributed by atoms with Gasteiger partial charge in [0.15, 0.2) is 5.82 Å².